The Labute approximate surface area is 78.9 Å². The molecular formula is C10H19Br. The molecule has 0 spiro atoms. The van der Waals surface area contributed by atoms with Crippen molar-refractivity contribution in [1.82, 2.24) is 0 Å². The van der Waals surface area contributed by atoms with Crippen LogP contribution in [-0.2, 0) is 0 Å². The molecule has 66 valence electrons. The van der Waals surface area contributed by atoms with Gasteiger partial charge in [-0.15, -0.1) is 0 Å². The van der Waals surface area contributed by atoms with E-state index in [-0.39, 0.29) is 0 Å². The number of hydrogen-bond acceptors (Lipinski definition) is 0. The van der Waals surface area contributed by atoms with E-state index in [1.165, 1.54) is 25.7 Å². The van der Waals surface area contributed by atoms with Crippen LogP contribution in [0.2, 0.25) is 0 Å². The van der Waals surface area contributed by atoms with E-state index in [0.717, 1.165) is 10.7 Å². The molecule has 0 amide bonds. The summed E-state index contributed by atoms with van der Waals surface area (Å²) in [6, 6.07) is 0. The molecule has 1 heteroatoms. The molecule has 0 N–H and O–H groups in total. The van der Waals surface area contributed by atoms with Crippen LogP contribution in [0.4, 0.5) is 0 Å². The smallest absolute Gasteiger partial charge is 0.0148 e. The Morgan fingerprint density at radius 1 is 1.18 bits per heavy atom. The van der Waals surface area contributed by atoms with E-state index < -0.39 is 0 Å². The number of alkyl halides is 1. The van der Waals surface area contributed by atoms with Crippen molar-refractivity contribution in [2.24, 2.45) is 11.3 Å². The summed E-state index contributed by atoms with van der Waals surface area (Å²) < 4.78 is 0. The van der Waals surface area contributed by atoms with E-state index in [0.29, 0.717) is 5.41 Å². The maximum absolute atomic E-state index is 3.72. The molecule has 2 atom stereocenters. The van der Waals surface area contributed by atoms with E-state index in [9.17, 15) is 0 Å². The van der Waals surface area contributed by atoms with Crippen LogP contribution in [-0.4, -0.2) is 4.83 Å². The third kappa shape index (κ3) is 2.77. The number of rotatable bonds is 0. The van der Waals surface area contributed by atoms with Gasteiger partial charge in [0.15, 0.2) is 0 Å². The molecule has 0 aromatic heterocycles. The van der Waals surface area contributed by atoms with Gasteiger partial charge in [-0.2, -0.15) is 0 Å². The van der Waals surface area contributed by atoms with Crippen molar-refractivity contribution in [2.45, 2.75) is 51.3 Å². The first kappa shape index (κ1) is 9.57. The fourth-order valence-electron chi connectivity index (χ4n) is 1.92. The lowest BCUT2D eigenvalue weighted by molar-refractivity contribution is 0.184. The van der Waals surface area contributed by atoms with E-state index in [1.54, 1.807) is 0 Å². The normalized spacial score (nSPS) is 33.8. The van der Waals surface area contributed by atoms with Gasteiger partial charge in [0.25, 0.3) is 0 Å². The van der Waals surface area contributed by atoms with Crippen LogP contribution in [0.1, 0.15) is 46.5 Å². The average Bonchev–Trinajstić information content (AvgIpc) is 1.86. The quantitative estimate of drug-likeness (QED) is 0.540. The first-order valence-electron chi connectivity index (χ1n) is 4.64. The minimum atomic E-state index is 0.520. The Morgan fingerprint density at radius 3 is 2.18 bits per heavy atom. The second-order valence-electron chi connectivity index (χ2n) is 4.83. The topological polar surface area (TPSA) is 0 Å². The number of hydrogen-bond donors (Lipinski definition) is 0. The summed E-state index contributed by atoms with van der Waals surface area (Å²) in [6.45, 7) is 7.09. The highest BCUT2D eigenvalue weighted by atomic mass is 79.9. The van der Waals surface area contributed by atoms with Crippen molar-refractivity contribution in [1.29, 1.82) is 0 Å². The fraction of sp³-hybridized carbons (Fsp3) is 1.00. The maximum Gasteiger partial charge on any atom is 0.0148 e. The molecule has 0 saturated heterocycles. The zero-order valence-electron chi connectivity index (χ0n) is 7.86. The third-order valence-electron chi connectivity index (χ3n) is 2.83. The van der Waals surface area contributed by atoms with E-state index in [4.69, 9.17) is 0 Å². The van der Waals surface area contributed by atoms with Gasteiger partial charge in [0.05, 0.1) is 0 Å². The summed E-state index contributed by atoms with van der Waals surface area (Å²) in [7, 11) is 0. The van der Waals surface area contributed by atoms with Crippen LogP contribution in [0.15, 0.2) is 0 Å². The molecule has 1 saturated carbocycles. The van der Waals surface area contributed by atoms with Crippen molar-refractivity contribution in [2.75, 3.05) is 0 Å². The van der Waals surface area contributed by atoms with Crippen LogP contribution in [0.25, 0.3) is 0 Å². The first-order chi connectivity index (χ1) is 5.00. The van der Waals surface area contributed by atoms with Gasteiger partial charge in [-0.1, -0.05) is 43.1 Å². The Hall–Kier alpha value is 0.480. The van der Waals surface area contributed by atoms with Gasteiger partial charge in [-0.3, -0.25) is 0 Å². The van der Waals surface area contributed by atoms with E-state index in [2.05, 4.69) is 36.7 Å². The summed E-state index contributed by atoms with van der Waals surface area (Å²) in [5.74, 6) is 0.931. The van der Waals surface area contributed by atoms with Crippen LogP contribution in [0, 0.1) is 11.3 Å². The molecule has 1 rings (SSSR count). The standard InChI is InChI=1S/C10H19Br/c1-10(2,3)8-5-4-6-9(11)7-8/h8-9H,4-7H2,1-3H3/t8-,9+/m0/s1. The Morgan fingerprint density at radius 2 is 1.82 bits per heavy atom. The molecule has 0 heterocycles. The molecule has 0 aliphatic heterocycles. The lowest BCUT2D eigenvalue weighted by Gasteiger charge is -2.35. The van der Waals surface area contributed by atoms with Crippen molar-refractivity contribution in [3.05, 3.63) is 0 Å². The average molecular weight is 219 g/mol. The van der Waals surface area contributed by atoms with Gasteiger partial charge < -0.3 is 0 Å². The van der Waals surface area contributed by atoms with Crippen molar-refractivity contribution in [3.8, 4) is 0 Å². The van der Waals surface area contributed by atoms with Crippen LogP contribution >= 0.6 is 15.9 Å². The van der Waals surface area contributed by atoms with E-state index >= 15 is 0 Å². The Bertz CT molecular complexity index is 123. The third-order valence-corrected chi connectivity index (χ3v) is 3.67. The van der Waals surface area contributed by atoms with Gasteiger partial charge in [0, 0.05) is 4.83 Å². The fourth-order valence-corrected chi connectivity index (χ4v) is 2.69. The molecule has 1 aliphatic rings. The monoisotopic (exact) mass is 218 g/mol. The molecule has 0 nitrogen and oxygen atoms in total. The molecule has 0 bridgehead atoms. The predicted octanol–water partition coefficient (Wildman–Crippen LogP) is 3.99. The zero-order chi connectivity index (χ0) is 8.48. The van der Waals surface area contributed by atoms with Gasteiger partial charge in [0.2, 0.25) is 0 Å². The molecular weight excluding hydrogens is 200 g/mol. The highest BCUT2D eigenvalue weighted by Crippen LogP contribution is 2.39. The second-order valence-corrected chi connectivity index (χ2v) is 6.12. The van der Waals surface area contributed by atoms with Crippen molar-refractivity contribution >= 4 is 15.9 Å². The summed E-state index contributed by atoms with van der Waals surface area (Å²) in [5, 5.41) is 0. The molecule has 0 unspecified atom stereocenters. The van der Waals surface area contributed by atoms with E-state index in [1.807, 2.05) is 0 Å². The molecule has 0 aromatic carbocycles. The molecule has 1 fully saturated rings. The molecule has 1 aliphatic carbocycles. The van der Waals surface area contributed by atoms with Crippen molar-refractivity contribution < 1.29 is 0 Å². The highest BCUT2D eigenvalue weighted by Gasteiger charge is 2.29. The maximum atomic E-state index is 3.72. The molecule has 11 heavy (non-hydrogen) atoms. The highest BCUT2D eigenvalue weighted by molar-refractivity contribution is 9.09. The van der Waals surface area contributed by atoms with Crippen molar-refractivity contribution in [3.63, 3.8) is 0 Å². The predicted molar refractivity (Wildman–Crippen MR) is 54.1 cm³/mol. The minimum absolute atomic E-state index is 0.520. The van der Waals surface area contributed by atoms with Gasteiger partial charge >= 0.3 is 0 Å². The lowest BCUT2D eigenvalue weighted by Crippen LogP contribution is -2.26. The van der Waals surface area contributed by atoms with Gasteiger partial charge in [0.1, 0.15) is 0 Å². The zero-order valence-corrected chi connectivity index (χ0v) is 9.45. The van der Waals surface area contributed by atoms with Crippen LogP contribution in [0.5, 0.6) is 0 Å². The summed E-state index contributed by atoms with van der Waals surface area (Å²) in [6.07, 6.45) is 5.61. The largest absolute Gasteiger partial charge is 0.0891 e. The Balaban J connectivity index is 2.46. The van der Waals surface area contributed by atoms with Crippen LogP contribution < -0.4 is 0 Å². The van der Waals surface area contributed by atoms with Gasteiger partial charge in [-0.05, 0) is 30.6 Å². The van der Waals surface area contributed by atoms with Gasteiger partial charge in [-0.25, -0.2) is 0 Å². The SMILES string of the molecule is CC(C)(C)[C@H]1CCC[C@@H](Br)C1. The van der Waals surface area contributed by atoms with Crippen LogP contribution in [0.3, 0.4) is 0 Å². The minimum Gasteiger partial charge on any atom is -0.0891 e. The Kier molecular flexibility index (Phi) is 3.02. The molecule has 0 aromatic rings. The number of halogens is 1. The lowest BCUT2D eigenvalue weighted by atomic mass is 9.72. The first-order valence-corrected chi connectivity index (χ1v) is 5.56. The second kappa shape index (κ2) is 3.47. The summed E-state index contributed by atoms with van der Waals surface area (Å²) >= 11 is 3.72. The molecule has 0 radical (unpaired) electrons. The summed E-state index contributed by atoms with van der Waals surface area (Å²) in [4.78, 5) is 0.792. The summed E-state index contributed by atoms with van der Waals surface area (Å²) in [5.41, 5.74) is 0.520.